The zero-order valence-corrected chi connectivity index (χ0v) is 8.77. The van der Waals surface area contributed by atoms with Crippen LogP contribution in [0.1, 0.15) is 12.0 Å². The Morgan fingerprint density at radius 1 is 1.53 bits per heavy atom. The summed E-state index contributed by atoms with van der Waals surface area (Å²) >= 11 is 0. The van der Waals surface area contributed by atoms with E-state index in [4.69, 9.17) is 16.2 Å². The molecule has 0 bridgehead atoms. The highest BCUT2D eigenvalue weighted by molar-refractivity contribution is 5.79. The summed E-state index contributed by atoms with van der Waals surface area (Å²) < 4.78 is 5.42. The van der Waals surface area contributed by atoms with Gasteiger partial charge in [-0.3, -0.25) is 4.79 Å². The highest BCUT2D eigenvalue weighted by atomic mass is 16.5. The summed E-state index contributed by atoms with van der Waals surface area (Å²) in [6.45, 7) is 2.38. The molecule has 4 nitrogen and oxygen atoms in total. The zero-order valence-electron chi connectivity index (χ0n) is 8.77. The van der Waals surface area contributed by atoms with E-state index < -0.39 is 11.9 Å². The second-order valence-electron chi connectivity index (χ2n) is 3.46. The van der Waals surface area contributed by atoms with E-state index >= 15 is 0 Å². The topological polar surface area (TPSA) is 78.3 Å². The van der Waals surface area contributed by atoms with Gasteiger partial charge in [0.15, 0.2) is 0 Å². The molecule has 82 valence electrons. The van der Waals surface area contributed by atoms with E-state index in [1.807, 2.05) is 31.2 Å². The molecule has 0 fully saturated rings. The van der Waals surface area contributed by atoms with E-state index in [9.17, 15) is 4.79 Å². The van der Waals surface area contributed by atoms with E-state index in [0.717, 1.165) is 11.3 Å². The van der Waals surface area contributed by atoms with Gasteiger partial charge in [0.05, 0.1) is 12.6 Å². The minimum Gasteiger partial charge on any atom is -0.494 e. The van der Waals surface area contributed by atoms with Crippen molar-refractivity contribution in [3.8, 4) is 5.75 Å². The van der Waals surface area contributed by atoms with Crippen molar-refractivity contribution in [2.45, 2.75) is 19.4 Å². The predicted octanol–water partition coefficient (Wildman–Crippen LogP) is 0.577. The minimum atomic E-state index is -0.630. The summed E-state index contributed by atoms with van der Waals surface area (Å²) in [5, 5.41) is 0. The number of benzene rings is 1. The number of amides is 1. The molecular formula is C11H16N2O2. The van der Waals surface area contributed by atoms with Gasteiger partial charge in [-0.25, -0.2) is 0 Å². The van der Waals surface area contributed by atoms with Crippen LogP contribution in [0, 0.1) is 6.92 Å². The Hall–Kier alpha value is -1.55. The second-order valence-corrected chi connectivity index (χ2v) is 3.46. The number of primary amides is 1. The van der Waals surface area contributed by atoms with Gasteiger partial charge in [-0.1, -0.05) is 12.1 Å². The van der Waals surface area contributed by atoms with Crippen molar-refractivity contribution in [3.05, 3.63) is 29.8 Å². The molecule has 0 heterocycles. The smallest absolute Gasteiger partial charge is 0.234 e. The number of nitrogens with two attached hydrogens (primary N) is 2. The fourth-order valence-electron chi connectivity index (χ4n) is 1.15. The molecule has 1 unspecified atom stereocenters. The number of hydrogen-bond acceptors (Lipinski definition) is 3. The van der Waals surface area contributed by atoms with Crippen LogP contribution in [-0.2, 0) is 4.79 Å². The van der Waals surface area contributed by atoms with Crippen LogP contribution in [0.2, 0.25) is 0 Å². The lowest BCUT2D eigenvalue weighted by molar-refractivity contribution is -0.119. The molecule has 4 heteroatoms. The van der Waals surface area contributed by atoms with Crippen molar-refractivity contribution < 1.29 is 9.53 Å². The van der Waals surface area contributed by atoms with Crippen LogP contribution in [0.5, 0.6) is 5.75 Å². The molecule has 1 amide bonds. The molecular weight excluding hydrogens is 192 g/mol. The Kier molecular flexibility index (Phi) is 4.12. The van der Waals surface area contributed by atoms with Crippen molar-refractivity contribution in [1.29, 1.82) is 0 Å². The van der Waals surface area contributed by atoms with Gasteiger partial charge in [0.25, 0.3) is 0 Å². The van der Waals surface area contributed by atoms with Gasteiger partial charge < -0.3 is 16.2 Å². The summed E-state index contributed by atoms with van der Waals surface area (Å²) in [5.41, 5.74) is 11.6. The lowest BCUT2D eigenvalue weighted by atomic mass is 10.2. The molecule has 0 radical (unpaired) electrons. The van der Waals surface area contributed by atoms with Gasteiger partial charge in [-0.15, -0.1) is 0 Å². The van der Waals surface area contributed by atoms with Gasteiger partial charge >= 0.3 is 0 Å². The van der Waals surface area contributed by atoms with Crippen LogP contribution in [0.3, 0.4) is 0 Å². The Balaban J connectivity index is 2.35. The normalized spacial score (nSPS) is 12.1. The molecule has 0 aliphatic rings. The molecule has 15 heavy (non-hydrogen) atoms. The van der Waals surface area contributed by atoms with E-state index in [1.165, 1.54) is 0 Å². The van der Waals surface area contributed by atoms with Gasteiger partial charge in [-0.05, 0) is 24.6 Å². The first-order valence-electron chi connectivity index (χ1n) is 4.84. The maximum absolute atomic E-state index is 10.6. The third kappa shape index (κ3) is 3.99. The summed E-state index contributed by atoms with van der Waals surface area (Å²) in [5.74, 6) is 0.287. The molecule has 0 aliphatic heterocycles. The minimum absolute atomic E-state index is 0.396. The summed E-state index contributed by atoms with van der Waals surface area (Å²) in [4.78, 5) is 10.6. The molecule has 1 rings (SSSR count). The van der Waals surface area contributed by atoms with Crippen molar-refractivity contribution in [3.63, 3.8) is 0 Å². The molecule has 1 aromatic rings. The van der Waals surface area contributed by atoms with E-state index in [1.54, 1.807) is 0 Å². The Morgan fingerprint density at radius 2 is 2.27 bits per heavy atom. The first-order chi connectivity index (χ1) is 7.09. The standard InChI is InChI=1S/C11H16N2O2/c1-8-3-2-4-9(7-8)15-6-5-10(12)11(13)14/h2-4,7,10H,5-6,12H2,1H3,(H2,13,14). The Morgan fingerprint density at radius 3 is 2.87 bits per heavy atom. The lowest BCUT2D eigenvalue weighted by Gasteiger charge is -2.09. The fraction of sp³-hybridized carbons (Fsp3) is 0.364. The number of ether oxygens (including phenoxy) is 1. The number of carbonyl (C=O) groups excluding carboxylic acids is 1. The third-order valence-electron chi connectivity index (χ3n) is 2.05. The number of rotatable bonds is 5. The molecule has 1 atom stereocenters. The highest BCUT2D eigenvalue weighted by Crippen LogP contribution is 2.12. The van der Waals surface area contributed by atoms with Crippen LogP contribution in [-0.4, -0.2) is 18.6 Å². The Labute approximate surface area is 89.2 Å². The molecule has 4 N–H and O–H groups in total. The number of aryl methyl sites for hydroxylation is 1. The predicted molar refractivity (Wildman–Crippen MR) is 58.5 cm³/mol. The van der Waals surface area contributed by atoms with Crippen LogP contribution in [0.4, 0.5) is 0 Å². The van der Waals surface area contributed by atoms with Crippen LogP contribution >= 0.6 is 0 Å². The highest BCUT2D eigenvalue weighted by Gasteiger charge is 2.08. The summed E-state index contributed by atoms with van der Waals surface area (Å²) in [6, 6.07) is 7.06. The molecule has 0 saturated heterocycles. The maximum atomic E-state index is 10.6. The average Bonchev–Trinajstić information content (AvgIpc) is 2.17. The first kappa shape index (κ1) is 11.5. The summed E-state index contributed by atoms with van der Waals surface area (Å²) in [6.07, 6.45) is 0.434. The quantitative estimate of drug-likeness (QED) is 0.742. The second kappa shape index (κ2) is 5.36. The largest absolute Gasteiger partial charge is 0.494 e. The van der Waals surface area contributed by atoms with Crippen LogP contribution in [0.15, 0.2) is 24.3 Å². The van der Waals surface area contributed by atoms with E-state index in [2.05, 4.69) is 0 Å². The van der Waals surface area contributed by atoms with Crippen molar-refractivity contribution >= 4 is 5.91 Å². The lowest BCUT2D eigenvalue weighted by Crippen LogP contribution is -2.37. The monoisotopic (exact) mass is 208 g/mol. The van der Waals surface area contributed by atoms with Gasteiger partial charge in [0, 0.05) is 6.42 Å². The summed E-state index contributed by atoms with van der Waals surface area (Å²) in [7, 11) is 0. The Bertz CT molecular complexity index is 339. The molecule has 0 aliphatic carbocycles. The van der Waals surface area contributed by atoms with Gasteiger partial charge in [0.1, 0.15) is 5.75 Å². The van der Waals surface area contributed by atoms with Crippen LogP contribution in [0.25, 0.3) is 0 Å². The molecule has 0 spiro atoms. The van der Waals surface area contributed by atoms with Gasteiger partial charge in [0.2, 0.25) is 5.91 Å². The van der Waals surface area contributed by atoms with Crippen LogP contribution < -0.4 is 16.2 Å². The number of hydrogen-bond donors (Lipinski definition) is 2. The van der Waals surface area contributed by atoms with Crippen molar-refractivity contribution in [2.75, 3.05) is 6.61 Å². The average molecular weight is 208 g/mol. The van der Waals surface area contributed by atoms with Crippen molar-refractivity contribution in [2.24, 2.45) is 11.5 Å². The first-order valence-corrected chi connectivity index (χ1v) is 4.84. The zero-order chi connectivity index (χ0) is 11.3. The number of carbonyl (C=O) groups is 1. The van der Waals surface area contributed by atoms with Gasteiger partial charge in [-0.2, -0.15) is 0 Å². The maximum Gasteiger partial charge on any atom is 0.234 e. The van der Waals surface area contributed by atoms with E-state index in [0.29, 0.717) is 13.0 Å². The molecule has 1 aromatic carbocycles. The SMILES string of the molecule is Cc1cccc(OCCC(N)C(N)=O)c1. The third-order valence-corrected chi connectivity index (χ3v) is 2.05. The molecule has 0 saturated carbocycles. The molecule has 0 aromatic heterocycles. The van der Waals surface area contributed by atoms with E-state index in [-0.39, 0.29) is 0 Å². The fourth-order valence-corrected chi connectivity index (χ4v) is 1.15. The van der Waals surface area contributed by atoms with Crippen molar-refractivity contribution in [1.82, 2.24) is 0 Å².